The van der Waals surface area contributed by atoms with Crippen molar-refractivity contribution in [2.24, 2.45) is 5.92 Å². The molecule has 5 nitrogen and oxygen atoms in total. The number of halogens is 1. The lowest BCUT2D eigenvalue weighted by Crippen LogP contribution is -2.40. The van der Waals surface area contributed by atoms with Gasteiger partial charge >= 0.3 is 5.97 Å². The van der Waals surface area contributed by atoms with Crippen LogP contribution in [0.1, 0.15) is 23.3 Å². The molecule has 0 unspecified atom stereocenters. The average Bonchev–Trinajstić information content (AvgIpc) is 2.46. The minimum atomic E-state index is -0.201. The van der Waals surface area contributed by atoms with Crippen molar-refractivity contribution >= 4 is 23.5 Å². The molecule has 1 aliphatic rings. The van der Waals surface area contributed by atoms with E-state index in [-0.39, 0.29) is 17.8 Å². The Hall–Kier alpha value is -1.62. The van der Waals surface area contributed by atoms with Gasteiger partial charge in [0.05, 0.1) is 13.0 Å². The Balaban J connectivity index is 1.98. The summed E-state index contributed by atoms with van der Waals surface area (Å²) in [6.45, 7) is 1.07. The summed E-state index contributed by atoms with van der Waals surface area (Å²) < 4.78 is 4.71. The van der Waals surface area contributed by atoms with Crippen molar-refractivity contribution in [1.29, 1.82) is 0 Å². The lowest BCUT2D eigenvalue weighted by Gasteiger charge is -2.30. The number of hydrogen-bond acceptors (Lipinski definition) is 4. The van der Waals surface area contributed by atoms with Crippen LogP contribution in [0.3, 0.4) is 0 Å². The summed E-state index contributed by atoms with van der Waals surface area (Å²) in [5, 5.41) is 0.489. The fourth-order valence-electron chi connectivity index (χ4n) is 2.17. The van der Waals surface area contributed by atoms with E-state index in [2.05, 4.69) is 4.98 Å². The second-order valence-corrected chi connectivity index (χ2v) is 4.89. The fraction of sp³-hybridized carbons (Fsp3) is 0.462. The molecule has 1 aliphatic heterocycles. The second kappa shape index (κ2) is 6.02. The highest BCUT2D eigenvalue weighted by molar-refractivity contribution is 6.30. The summed E-state index contributed by atoms with van der Waals surface area (Å²) in [5.74, 6) is -0.458. The van der Waals surface area contributed by atoms with Crippen LogP contribution in [0.15, 0.2) is 18.3 Å². The third kappa shape index (κ3) is 3.23. The van der Waals surface area contributed by atoms with Crippen LogP contribution in [-0.4, -0.2) is 42.0 Å². The Morgan fingerprint density at radius 2 is 2.11 bits per heavy atom. The molecule has 19 heavy (non-hydrogen) atoms. The van der Waals surface area contributed by atoms with Crippen molar-refractivity contribution in [3.05, 3.63) is 29.0 Å². The van der Waals surface area contributed by atoms with Crippen LogP contribution in [0.25, 0.3) is 0 Å². The molecule has 6 heteroatoms. The number of rotatable bonds is 2. The van der Waals surface area contributed by atoms with Crippen molar-refractivity contribution < 1.29 is 14.3 Å². The van der Waals surface area contributed by atoms with E-state index in [4.69, 9.17) is 16.3 Å². The topological polar surface area (TPSA) is 59.5 Å². The van der Waals surface area contributed by atoms with Gasteiger partial charge in [-0.15, -0.1) is 0 Å². The highest BCUT2D eigenvalue weighted by atomic mass is 35.5. The maximum absolute atomic E-state index is 12.2. The van der Waals surface area contributed by atoms with E-state index in [1.54, 1.807) is 17.0 Å². The van der Waals surface area contributed by atoms with Gasteiger partial charge in [-0.25, -0.2) is 0 Å². The van der Waals surface area contributed by atoms with Crippen LogP contribution in [0.2, 0.25) is 5.02 Å². The molecule has 0 aromatic carbocycles. The summed E-state index contributed by atoms with van der Waals surface area (Å²) in [6, 6.07) is 3.18. The minimum Gasteiger partial charge on any atom is -0.469 e. The summed E-state index contributed by atoms with van der Waals surface area (Å²) in [5.41, 5.74) is 0.337. The van der Waals surface area contributed by atoms with Gasteiger partial charge in [0.2, 0.25) is 0 Å². The maximum atomic E-state index is 12.2. The smallest absolute Gasteiger partial charge is 0.308 e. The predicted octanol–water partition coefficient (Wildman–Crippen LogP) is 1.76. The highest BCUT2D eigenvalue weighted by Gasteiger charge is 2.28. The zero-order valence-electron chi connectivity index (χ0n) is 10.6. The van der Waals surface area contributed by atoms with Crippen LogP contribution in [0, 0.1) is 5.92 Å². The maximum Gasteiger partial charge on any atom is 0.308 e. The number of methoxy groups -OCH3 is 1. The third-order valence-electron chi connectivity index (χ3n) is 3.26. The number of aromatic nitrogens is 1. The van der Waals surface area contributed by atoms with Gasteiger partial charge in [0.15, 0.2) is 0 Å². The third-order valence-corrected chi connectivity index (χ3v) is 3.49. The van der Waals surface area contributed by atoms with Crippen molar-refractivity contribution in [3.63, 3.8) is 0 Å². The van der Waals surface area contributed by atoms with Gasteiger partial charge in [-0.05, 0) is 25.0 Å². The zero-order valence-corrected chi connectivity index (χ0v) is 11.4. The van der Waals surface area contributed by atoms with Gasteiger partial charge in [0.25, 0.3) is 5.91 Å². The van der Waals surface area contributed by atoms with Crippen molar-refractivity contribution in [2.45, 2.75) is 12.8 Å². The molecule has 1 amide bonds. The SMILES string of the molecule is COC(=O)C1CCN(C(=O)c2cc(Cl)ccn2)CC1. The number of carbonyl (C=O) groups excluding carboxylic acids is 2. The van der Waals surface area contributed by atoms with Crippen LogP contribution >= 0.6 is 11.6 Å². The Kier molecular flexibility index (Phi) is 4.37. The lowest BCUT2D eigenvalue weighted by molar-refractivity contribution is -0.146. The molecule has 0 saturated carbocycles. The second-order valence-electron chi connectivity index (χ2n) is 4.45. The number of esters is 1. The number of amides is 1. The van der Waals surface area contributed by atoms with Crippen molar-refractivity contribution in [2.75, 3.05) is 20.2 Å². The molecule has 0 spiro atoms. The van der Waals surface area contributed by atoms with Crippen LogP contribution < -0.4 is 0 Å². The molecule has 0 N–H and O–H groups in total. The monoisotopic (exact) mass is 282 g/mol. The van der Waals surface area contributed by atoms with Gasteiger partial charge in [-0.2, -0.15) is 0 Å². The Morgan fingerprint density at radius 1 is 1.42 bits per heavy atom. The summed E-state index contributed by atoms with van der Waals surface area (Å²) in [7, 11) is 1.38. The van der Waals surface area contributed by atoms with Gasteiger partial charge in [0.1, 0.15) is 5.69 Å². The van der Waals surface area contributed by atoms with E-state index in [1.165, 1.54) is 13.3 Å². The van der Waals surface area contributed by atoms with E-state index in [9.17, 15) is 9.59 Å². The normalized spacial score (nSPS) is 16.2. The number of likely N-dealkylation sites (tertiary alicyclic amines) is 1. The van der Waals surface area contributed by atoms with Crippen LogP contribution in [0.4, 0.5) is 0 Å². The molecular formula is C13H15ClN2O3. The van der Waals surface area contributed by atoms with Gasteiger partial charge in [0, 0.05) is 24.3 Å². The molecule has 0 radical (unpaired) electrons. The first-order valence-corrected chi connectivity index (χ1v) is 6.48. The predicted molar refractivity (Wildman–Crippen MR) is 69.9 cm³/mol. The molecule has 1 aromatic heterocycles. The number of ether oxygens (including phenoxy) is 1. The molecule has 1 fully saturated rings. The van der Waals surface area contributed by atoms with E-state index in [0.717, 1.165) is 0 Å². The first kappa shape index (κ1) is 13.8. The standard InChI is InChI=1S/C13H15ClN2O3/c1-19-13(18)9-3-6-16(7-4-9)12(17)11-8-10(14)2-5-15-11/h2,5,8-9H,3-4,6-7H2,1H3. The molecule has 0 aliphatic carbocycles. The van der Waals surface area contributed by atoms with Crippen molar-refractivity contribution in [1.82, 2.24) is 9.88 Å². The highest BCUT2D eigenvalue weighted by Crippen LogP contribution is 2.20. The number of carbonyl (C=O) groups is 2. The van der Waals surface area contributed by atoms with Crippen LogP contribution in [0.5, 0.6) is 0 Å². The molecular weight excluding hydrogens is 268 g/mol. The Labute approximate surface area is 116 Å². The molecule has 0 bridgehead atoms. The van der Waals surface area contributed by atoms with Gasteiger partial charge in [-0.1, -0.05) is 11.6 Å². The molecule has 102 valence electrons. The van der Waals surface area contributed by atoms with Gasteiger partial charge in [-0.3, -0.25) is 14.6 Å². The molecule has 1 saturated heterocycles. The number of nitrogens with zero attached hydrogens (tertiary/aromatic N) is 2. The first-order valence-electron chi connectivity index (χ1n) is 6.10. The largest absolute Gasteiger partial charge is 0.469 e. The number of piperidine rings is 1. The summed E-state index contributed by atoms with van der Waals surface area (Å²) in [4.78, 5) is 29.3. The van der Waals surface area contributed by atoms with E-state index >= 15 is 0 Å². The molecule has 2 rings (SSSR count). The average molecular weight is 283 g/mol. The molecule has 2 heterocycles. The van der Waals surface area contributed by atoms with E-state index in [1.807, 2.05) is 0 Å². The Bertz CT molecular complexity index is 485. The zero-order chi connectivity index (χ0) is 13.8. The van der Waals surface area contributed by atoms with E-state index < -0.39 is 0 Å². The number of pyridine rings is 1. The molecule has 1 aromatic rings. The minimum absolute atomic E-state index is 0.110. The number of hydrogen-bond donors (Lipinski definition) is 0. The quantitative estimate of drug-likeness (QED) is 0.776. The van der Waals surface area contributed by atoms with Crippen LogP contribution in [-0.2, 0) is 9.53 Å². The van der Waals surface area contributed by atoms with Gasteiger partial charge < -0.3 is 9.64 Å². The first-order chi connectivity index (χ1) is 9.11. The fourth-order valence-corrected chi connectivity index (χ4v) is 2.33. The summed E-state index contributed by atoms with van der Waals surface area (Å²) >= 11 is 5.84. The lowest BCUT2D eigenvalue weighted by atomic mass is 9.97. The van der Waals surface area contributed by atoms with Crippen molar-refractivity contribution in [3.8, 4) is 0 Å². The summed E-state index contributed by atoms with van der Waals surface area (Å²) in [6.07, 6.45) is 2.76. The molecule has 0 atom stereocenters. The van der Waals surface area contributed by atoms with E-state index in [0.29, 0.717) is 36.6 Å². The Morgan fingerprint density at radius 3 is 2.68 bits per heavy atom.